The molecule has 4 aliphatic carbocycles. The number of ketones is 1. The number of fused-ring (bicyclic) bond motifs is 7. The van der Waals surface area contributed by atoms with Gasteiger partial charge in [0.25, 0.3) is 0 Å². The molecule has 0 amide bonds. The fraction of sp³-hybridized carbons (Fsp3) is 0.600. The predicted molar refractivity (Wildman–Crippen MR) is 145 cm³/mol. The summed E-state index contributed by atoms with van der Waals surface area (Å²) in [7, 11) is 0. The van der Waals surface area contributed by atoms with E-state index in [1.165, 1.54) is 12.2 Å². The minimum Gasteiger partial charge on any atom is -0.393 e. The Morgan fingerprint density at radius 1 is 1.29 bits per heavy atom. The van der Waals surface area contributed by atoms with Crippen LogP contribution in [-0.2, 0) is 16.1 Å². The quantitative estimate of drug-likeness (QED) is 0.505. The Bertz CT molecular complexity index is 1240. The van der Waals surface area contributed by atoms with Gasteiger partial charge in [0.05, 0.1) is 11.5 Å². The molecule has 0 spiro atoms. The summed E-state index contributed by atoms with van der Waals surface area (Å²) < 4.78 is 29.4. The van der Waals surface area contributed by atoms with E-state index in [1.807, 2.05) is 31.2 Å². The van der Waals surface area contributed by atoms with Crippen LogP contribution >= 0.6 is 23.4 Å². The number of benzene rings is 1. The number of halogens is 3. The maximum absolute atomic E-state index is 15.7. The Balaban J connectivity index is 1.37. The first kappa shape index (κ1) is 26.7. The molecule has 1 saturated heterocycles. The van der Waals surface area contributed by atoms with E-state index in [4.69, 9.17) is 11.6 Å². The molecule has 1 aliphatic heterocycles. The van der Waals surface area contributed by atoms with Gasteiger partial charge in [0.15, 0.2) is 10.9 Å². The Morgan fingerprint density at radius 2 is 2.08 bits per heavy atom. The smallest absolute Gasteiger partial charge is 0.199 e. The third-order valence-corrected chi connectivity index (χ3v) is 11.9. The minimum atomic E-state index is -1.27. The van der Waals surface area contributed by atoms with E-state index in [-0.39, 0.29) is 41.0 Å². The van der Waals surface area contributed by atoms with Gasteiger partial charge in [-0.1, -0.05) is 55.4 Å². The number of rotatable bonds is 4. The largest absolute Gasteiger partial charge is 0.393 e. The second-order valence-electron chi connectivity index (χ2n) is 12.6. The molecule has 0 bridgehead atoms. The van der Waals surface area contributed by atoms with Crippen molar-refractivity contribution in [1.29, 1.82) is 0 Å². The lowest BCUT2D eigenvalue weighted by Gasteiger charge is -2.60. The van der Waals surface area contributed by atoms with Crippen molar-refractivity contribution in [2.45, 2.75) is 51.9 Å². The van der Waals surface area contributed by atoms with Crippen LogP contribution in [0.25, 0.3) is 0 Å². The van der Waals surface area contributed by atoms with Gasteiger partial charge in [0.1, 0.15) is 12.2 Å². The number of aliphatic hydroxyl groups excluding tert-OH is 1. The van der Waals surface area contributed by atoms with Gasteiger partial charge >= 0.3 is 0 Å². The van der Waals surface area contributed by atoms with Crippen molar-refractivity contribution in [2.75, 3.05) is 19.1 Å². The van der Waals surface area contributed by atoms with Gasteiger partial charge in [0.2, 0.25) is 0 Å². The molecule has 6 rings (SSSR count). The van der Waals surface area contributed by atoms with Crippen molar-refractivity contribution < 1.29 is 23.5 Å². The Morgan fingerprint density at radius 3 is 2.82 bits per heavy atom. The highest BCUT2D eigenvalue weighted by molar-refractivity contribution is 8.13. The molecule has 1 aromatic rings. The third kappa shape index (κ3) is 3.68. The molecule has 5 aliphatic rings. The number of carbonyl (C=O) groups is 2. The van der Waals surface area contributed by atoms with E-state index in [0.29, 0.717) is 36.7 Å². The molecule has 0 radical (unpaired) electrons. The number of hydrogen-bond donors (Lipinski definition) is 1. The molecule has 8 heteroatoms. The van der Waals surface area contributed by atoms with Crippen LogP contribution in [-0.4, -0.2) is 52.3 Å². The van der Waals surface area contributed by atoms with E-state index in [1.54, 1.807) is 6.08 Å². The summed E-state index contributed by atoms with van der Waals surface area (Å²) in [4.78, 5) is 28.2. The standard InChI is InChI=1S/C30H34ClF2NO3S/c1-28-7-6-20(35)10-23(28)24(33)11-21-22-9-18-14-34(13-17-4-3-5-19(31)8-17)15-30(18,27(37)38-16-32)29(22,2)12-25(36)26(21)28/h3-8,10,18,21-22,24-26,36H,9,11-16H2,1-2H3/t18-,21-,22?,24-,25?,26?,28-,29-,30+/m0/s1. The number of nitrogens with zero attached hydrogens (tertiary/aromatic N) is 1. The number of hydrogen-bond acceptors (Lipinski definition) is 5. The maximum atomic E-state index is 15.7. The van der Waals surface area contributed by atoms with E-state index in [0.717, 1.165) is 23.7 Å². The molecule has 4 nitrogen and oxygen atoms in total. The fourth-order valence-electron chi connectivity index (χ4n) is 9.53. The first-order valence-electron chi connectivity index (χ1n) is 13.5. The number of likely N-dealkylation sites (tertiary alicyclic amines) is 1. The zero-order valence-corrected chi connectivity index (χ0v) is 23.3. The summed E-state index contributed by atoms with van der Waals surface area (Å²) in [5, 5.41) is 12.3. The average molecular weight is 562 g/mol. The van der Waals surface area contributed by atoms with Gasteiger partial charge in [0, 0.05) is 36.0 Å². The van der Waals surface area contributed by atoms with Crippen molar-refractivity contribution in [3.8, 4) is 0 Å². The van der Waals surface area contributed by atoms with Gasteiger partial charge in [-0.25, -0.2) is 8.78 Å². The number of allylic oxidation sites excluding steroid dienone is 4. The summed E-state index contributed by atoms with van der Waals surface area (Å²) in [6.45, 7) is 5.86. The lowest BCUT2D eigenvalue weighted by atomic mass is 9.45. The van der Waals surface area contributed by atoms with E-state index in [9.17, 15) is 19.1 Å². The lowest BCUT2D eigenvalue weighted by Crippen LogP contribution is -2.61. The van der Waals surface area contributed by atoms with Crippen LogP contribution in [0.3, 0.4) is 0 Å². The van der Waals surface area contributed by atoms with E-state index >= 15 is 4.39 Å². The first-order chi connectivity index (χ1) is 18.0. The summed E-state index contributed by atoms with van der Waals surface area (Å²) in [5.74, 6) is -0.547. The third-order valence-electron chi connectivity index (χ3n) is 10.9. The van der Waals surface area contributed by atoms with Crippen LogP contribution in [0.2, 0.25) is 5.02 Å². The molecule has 4 fully saturated rings. The first-order valence-corrected chi connectivity index (χ1v) is 14.9. The lowest BCUT2D eigenvalue weighted by molar-refractivity contribution is -0.154. The monoisotopic (exact) mass is 561 g/mol. The number of thioether (sulfide) groups is 1. The maximum Gasteiger partial charge on any atom is 0.199 e. The van der Waals surface area contributed by atoms with Gasteiger partial charge in [-0.05, 0) is 77.9 Å². The van der Waals surface area contributed by atoms with Crippen molar-refractivity contribution >= 4 is 34.3 Å². The zero-order valence-electron chi connectivity index (χ0n) is 21.7. The van der Waals surface area contributed by atoms with Crippen LogP contribution in [0.15, 0.2) is 48.1 Å². The van der Waals surface area contributed by atoms with Gasteiger partial charge in [-0.2, -0.15) is 0 Å². The van der Waals surface area contributed by atoms with Crippen molar-refractivity contribution in [1.82, 2.24) is 4.90 Å². The van der Waals surface area contributed by atoms with Crippen LogP contribution < -0.4 is 0 Å². The predicted octanol–water partition coefficient (Wildman–Crippen LogP) is 5.78. The van der Waals surface area contributed by atoms with Crippen molar-refractivity contribution in [3.05, 3.63) is 58.7 Å². The van der Waals surface area contributed by atoms with Gasteiger partial charge in [-0.3, -0.25) is 14.5 Å². The summed E-state index contributed by atoms with van der Waals surface area (Å²) >= 11 is 6.96. The van der Waals surface area contributed by atoms with Crippen LogP contribution in [0.1, 0.15) is 38.7 Å². The van der Waals surface area contributed by atoms with Gasteiger partial charge in [-0.15, -0.1) is 0 Å². The molecule has 1 heterocycles. The fourth-order valence-corrected chi connectivity index (χ4v) is 10.6. The summed E-state index contributed by atoms with van der Waals surface area (Å²) in [5.41, 5.74) is -0.620. The number of carbonyl (C=O) groups excluding carboxylic acids is 2. The highest BCUT2D eigenvalue weighted by Gasteiger charge is 2.74. The SMILES string of the molecule is C[C@]12C=CC(=O)C=C1[C@@H](F)C[C@@H]1C2C(O)C[C@@]2(C)C1C[C@H]1CN(Cc3cccc(Cl)c3)C[C@]12C(=O)SCF. The Hall–Kier alpha value is -1.54. The molecule has 1 aromatic carbocycles. The Labute approximate surface area is 231 Å². The van der Waals surface area contributed by atoms with E-state index < -0.39 is 34.5 Å². The number of alkyl halides is 2. The molecule has 204 valence electrons. The summed E-state index contributed by atoms with van der Waals surface area (Å²) in [6.07, 6.45) is 4.07. The topological polar surface area (TPSA) is 57.6 Å². The minimum absolute atomic E-state index is 0.000432. The molecular weight excluding hydrogens is 528 g/mol. The van der Waals surface area contributed by atoms with Crippen LogP contribution in [0.4, 0.5) is 8.78 Å². The highest BCUT2D eigenvalue weighted by Crippen LogP contribution is 2.73. The Kier molecular flexibility index (Phi) is 6.49. The summed E-state index contributed by atoms with van der Waals surface area (Å²) in [6, 6.07) is 6.91. The molecule has 3 unspecified atom stereocenters. The number of aliphatic hydroxyl groups is 1. The second kappa shape index (κ2) is 9.25. The molecule has 9 atom stereocenters. The zero-order chi connectivity index (χ0) is 27.0. The molecule has 3 saturated carbocycles. The van der Waals surface area contributed by atoms with Crippen molar-refractivity contribution in [3.63, 3.8) is 0 Å². The van der Waals surface area contributed by atoms with Gasteiger partial charge < -0.3 is 5.11 Å². The molecule has 1 N–H and O–H groups in total. The van der Waals surface area contributed by atoms with Crippen LogP contribution in [0.5, 0.6) is 0 Å². The van der Waals surface area contributed by atoms with Crippen LogP contribution in [0, 0.1) is 39.9 Å². The normalized spacial score (nSPS) is 43.7. The van der Waals surface area contributed by atoms with Crippen molar-refractivity contribution in [2.24, 2.45) is 39.9 Å². The van der Waals surface area contributed by atoms with E-state index in [2.05, 4.69) is 11.8 Å². The molecule has 38 heavy (non-hydrogen) atoms. The molecule has 0 aromatic heterocycles. The highest BCUT2D eigenvalue weighted by atomic mass is 35.5. The molecular formula is C30H34ClF2NO3S. The average Bonchev–Trinajstić information content (AvgIpc) is 3.32. The second-order valence-corrected chi connectivity index (χ2v) is 13.9.